The lowest BCUT2D eigenvalue weighted by atomic mass is 9.69. The zero-order chi connectivity index (χ0) is 14.0. The van der Waals surface area contributed by atoms with Gasteiger partial charge < -0.3 is 10.4 Å². The van der Waals surface area contributed by atoms with Gasteiger partial charge in [0.2, 0.25) is 5.91 Å². The van der Waals surface area contributed by atoms with E-state index < -0.39 is 16.9 Å². The maximum Gasteiger partial charge on any atom is 0.334 e. The summed E-state index contributed by atoms with van der Waals surface area (Å²) in [6, 6.07) is 8.78. The highest BCUT2D eigenvalue weighted by Gasteiger charge is 2.51. The first-order valence-electron chi connectivity index (χ1n) is 5.79. The molecule has 0 bridgehead atoms. The molecule has 0 aliphatic heterocycles. The van der Waals surface area contributed by atoms with Crippen LogP contribution in [0.1, 0.15) is 33.3 Å². The largest absolute Gasteiger partial charge is 0.479 e. The summed E-state index contributed by atoms with van der Waals surface area (Å²) in [6.07, 6.45) is 0. The van der Waals surface area contributed by atoms with Crippen molar-refractivity contribution in [2.24, 2.45) is 5.41 Å². The van der Waals surface area contributed by atoms with Crippen LogP contribution in [0.4, 0.5) is 0 Å². The molecule has 0 aliphatic carbocycles. The van der Waals surface area contributed by atoms with Crippen molar-refractivity contribution in [1.82, 2.24) is 5.32 Å². The Hall–Kier alpha value is -1.84. The summed E-state index contributed by atoms with van der Waals surface area (Å²) in [5, 5.41) is 12.3. The molecule has 1 aromatic rings. The van der Waals surface area contributed by atoms with Gasteiger partial charge in [-0.05, 0) is 5.56 Å². The zero-order valence-corrected chi connectivity index (χ0v) is 11.2. The van der Waals surface area contributed by atoms with Crippen LogP contribution in [0.5, 0.6) is 0 Å². The minimum absolute atomic E-state index is 0.365. The van der Waals surface area contributed by atoms with Crippen LogP contribution in [0, 0.1) is 5.41 Å². The Balaban J connectivity index is 3.49. The monoisotopic (exact) mass is 249 g/mol. The van der Waals surface area contributed by atoms with Gasteiger partial charge in [-0.25, -0.2) is 4.79 Å². The van der Waals surface area contributed by atoms with E-state index >= 15 is 0 Å². The first-order chi connectivity index (χ1) is 8.22. The Morgan fingerprint density at radius 3 is 1.94 bits per heavy atom. The normalized spacial score (nSPS) is 14.7. The molecule has 0 heterocycles. The van der Waals surface area contributed by atoms with Crippen LogP contribution in [0.2, 0.25) is 0 Å². The number of carbonyl (C=O) groups is 2. The van der Waals surface area contributed by atoms with Crippen molar-refractivity contribution < 1.29 is 14.7 Å². The van der Waals surface area contributed by atoms with E-state index in [0.717, 1.165) is 0 Å². The molecule has 0 spiro atoms. The second-order valence-corrected chi connectivity index (χ2v) is 5.35. The summed E-state index contributed by atoms with van der Waals surface area (Å²) < 4.78 is 0. The summed E-state index contributed by atoms with van der Waals surface area (Å²) in [6.45, 7) is 6.71. The summed E-state index contributed by atoms with van der Waals surface area (Å²) in [7, 11) is 0. The highest BCUT2D eigenvalue weighted by Crippen LogP contribution is 2.39. The number of hydrogen-bond donors (Lipinski definition) is 2. The number of nitrogens with one attached hydrogen (secondary N) is 1. The van der Waals surface area contributed by atoms with Crippen molar-refractivity contribution in [2.45, 2.75) is 33.2 Å². The van der Waals surface area contributed by atoms with Crippen LogP contribution in [0.25, 0.3) is 0 Å². The van der Waals surface area contributed by atoms with E-state index in [4.69, 9.17) is 0 Å². The third-order valence-corrected chi connectivity index (χ3v) is 3.02. The van der Waals surface area contributed by atoms with Crippen LogP contribution in [-0.4, -0.2) is 17.0 Å². The Kier molecular flexibility index (Phi) is 3.79. The number of amides is 1. The number of hydrogen-bond acceptors (Lipinski definition) is 2. The van der Waals surface area contributed by atoms with Crippen molar-refractivity contribution in [1.29, 1.82) is 0 Å². The number of carboxylic acid groups (broad SMARTS) is 1. The van der Waals surface area contributed by atoms with Crippen LogP contribution >= 0.6 is 0 Å². The Morgan fingerprint density at radius 2 is 1.61 bits per heavy atom. The molecule has 0 saturated carbocycles. The number of benzene rings is 1. The molecule has 2 N–H and O–H groups in total. The lowest BCUT2D eigenvalue weighted by molar-refractivity contribution is -0.153. The first kappa shape index (κ1) is 14.2. The second kappa shape index (κ2) is 4.80. The number of carboxylic acids is 1. The minimum Gasteiger partial charge on any atom is -0.479 e. The fourth-order valence-electron chi connectivity index (χ4n) is 2.14. The molecular formula is C14H19NO3. The lowest BCUT2D eigenvalue weighted by Gasteiger charge is -2.41. The van der Waals surface area contributed by atoms with Gasteiger partial charge >= 0.3 is 5.97 Å². The second-order valence-electron chi connectivity index (χ2n) is 5.35. The summed E-state index contributed by atoms with van der Waals surface area (Å²) >= 11 is 0. The predicted molar refractivity (Wildman–Crippen MR) is 69.0 cm³/mol. The van der Waals surface area contributed by atoms with E-state index in [2.05, 4.69) is 5.32 Å². The summed E-state index contributed by atoms with van der Waals surface area (Å²) in [5.41, 5.74) is -1.52. The molecule has 98 valence electrons. The smallest absolute Gasteiger partial charge is 0.334 e. The van der Waals surface area contributed by atoms with E-state index in [1.54, 1.807) is 45.0 Å². The number of rotatable bonds is 3. The Morgan fingerprint density at radius 1 is 1.11 bits per heavy atom. The van der Waals surface area contributed by atoms with Crippen LogP contribution < -0.4 is 5.32 Å². The van der Waals surface area contributed by atoms with Crippen molar-refractivity contribution in [3.05, 3.63) is 35.9 Å². The number of carbonyl (C=O) groups excluding carboxylic acids is 1. The van der Waals surface area contributed by atoms with E-state index in [1.165, 1.54) is 6.92 Å². The molecule has 1 unspecified atom stereocenters. The quantitative estimate of drug-likeness (QED) is 0.862. The molecule has 18 heavy (non-hydrogen) atoms. The fraction of sp³-hybridized carbons (Fsp3) is 0.429. The van der Waals surface area contributed by atoms with Gasteiger partial charge in [0, 0.05) is 12.3 Å². The molecule has 4 heteroatoms. The van der Waals surface area contributed by atoms with Gasteiger partial charge in [-0.2, -0.15) is 0 Å². The standard InChI is InChI=1S/C14H19NO3/c1-10(16)15-14(12(17)18,13(2,3)4)11-8-6-5-7-9-11/h5-9H,1-4H3,(H,15,16)(H,17,18). The van der Waals surface area contributed by atoms with Crippen LogP contribution in [-0.2, 0) is 15.1 Å². The van der Waals surface area contributed by atoms with Gasteiger partial charge in [-0.1, -0.05) is 51.1 Å². The topological polar surface area (TPSA) is 66.4 Å². The molecule has 1 amide bonds. The third-order valence-electron chi connectivity index (χ3n) is 3.02. The van der Waals surface area contributed by atoms with Crippen molar-refractivity contribution in [3.8, 4) is 0 Å². The predicted octanol–water partition coefficient (Wildman–Crippen LogP) is 2.15. The molecule has 1 rings (SSSR count). The van der Waals surface area contributed by atoms with Crippen molar-refractivity contribution in [3.63, 3.8) is 0 Å². The zero-order valence-electron chi connectivity index (χ0n) is 11.2. The molecule has 1 atom stereocenters. The van der Waals surface area contributed by atoms with E-state index in [1.807, 2.05) is 6.07 Å². The summed E-state index contributed by atoms with van der Waals surface area (Å²) in [5.74, 6) is -1.42. The molecule has 4 nitrogen and oxygen atoms in total. The van der Waals surface area contributed by atoms with Gasteiger partial charge in [-0.3, -0.25) is 4.79 Å². The van der Waals surface area contributed by atoms with Crippen molar-refractivity contribution >= 4 is 11.9 Å². The van der Waals surface area contributed by atoms with E-state index in [9.17, 15) is 14.7 Å². The van der Waals surface area contributed by atoms with Gasteiger partial charge in [0.1, 0.15) is 0 Å². The lowest BCUT2D eigenvalue weighted by Crippen LogP contribution is -2.59. The van der Waals surface area contributed by atoms with E-state index in [0.29, 0.717) is 5.56 Å². The van der Waals surface area contributed by atoms with Crippen LogP contribution in [0.15, 0.2) is 30.3 Å². The van der Waals surface area contributed by atoms with Gasteiger partial charge in [0.05, 0.1) is 0 Å². The van der Waals surface area contributed by atoms with E-state index in [-0.39, 0.29) is 5.91 Å². The average Bonchev–Trinajstić information content (AvgIpc) is 2.24. The fourth-order valence-corrected chi connectivity index (χ4v) is 2.14. The molecule has 0 radical (unpaired) electrons. The molecular weight excluding hydrogens is 230 g/mol. The minimum atomic E-state index is -1.43. The van der Waals surface area contributed by atoms with Gasteiger partial charge in [0.25, 0.3) is 0 Å². The third kappa shape index (κ3) is 2.37. The van der Waals surface area contributed by atoms with Crippen LogP contribution in [0.3, 0.4) is 0 Å². The molecule has 0 saturated heterocycles. The maximum absolute atomic E-state index is 11.8. The highest BCUT2D eigenvalue weighted by molar-refractivity contribution is 5.88. The summed E-state index contributed by atoms with van der Waals surface area (Å²) in [4.78, 5) is 23.2. The van der Waals surface area contributed by atoms with Gasteiger partial charge in [0.15, 0.2) is 5.54 Å². The number of aliphatic carboxylic acids is 1. The molecule has 0 fully saturated rings. The highest BCUT2D eigenvalue weighted by atomic mass is 16.4. The Bertz CT molecular complexity index is 448. The Labute approximate surface area is 107 Å². The molecule has 0 aliphatic rings. The molecule has 1 aromatic carbocycles. The maximum atomic E-state index is 11.8. The van der Waals surface area contributed by atoms with Crippen molar-refractivity contribution in [2.75, 3.05) is 0 Å². The first-order valence-corrected chi connectivity index (χ1v) is 5.79. The SMILES string of the molecule is CC(=O)NC(C(=O)O)(c1ccccc1)C(C)(C)C. The van der Waals surface area contributed by atoms with Gasteiger partial charge in [-0.15, -0.1) is 0 Å². The molecule has 0 aromatic heterocycles. The average molecular weight is 249 g/mol.